The van der Waals surface area contributed by atoms with Crippen molar-refractivity contribution in [2.45, 2.75) is 45.1 Å². The van der Waals surface area contributed by atoms with Gasteiger partial charge >= 0.3 is 0 Å². The van der Waals surface area contributed by atoms with Crippen molar-refractivity contribution >= 4 is 22.4 Å². The van der Waals surface area contributed by atoms with E-state index in [0.29, 0.717) is 17.5 Å². The molecule has 2 rings (SSSR count). The molecule has 1 aromatic rings. The summed E-state index contributed by atoms with van der Waals surface area (Å²) in [5.41, 5.74) is 6.03. The van der Waals surface area contributed by atoms with E-state index < -0.39 is 0 Å². The summed E-state index contributed by atoms with van der Waals surface area (Å²) in [5.74, 6) is 0.381. The Kier molecular flexibility index (Phi) is 4.12. The van der Waals surface area contributed by atoms with Crippen molar-refractivity contribution in [3.05, 3.63) is 11.1 Å². The summed E-state index contributed by atoms with van der Waals surface area (Å²) >= 11 is 1.50. The summed E-state index contributed by atoms with van der Waals surface area (Å²) in [5, 5.41) is 3.54. The minimum atomic E-state index is 0.0432. The zero-order chi connectivity index (χ0) is 12.3. The molecule has 1 aromatic heterocycles. The highest BCUT2D eigenvalue weighted by Crippen LogP contribution is 2.26. The minimum absolute atomic E-state index is 0.0432. The van der Waals surface area contributed by atoms with Crippen LogP contribution in [0.1, 0.15) is 37.0 Å². The van der Waals surface area contributed by atoms with Gasteiger partial charge < -0.3 is 11.1 Å². The molecule has 0 radical (unpaired) electrons. The molecular weight excluding hydrogens is 234 g/mol. The van der Waals surface area contributed by atoms with Crippen molar-refractivity contribution in [1.29, 1.82) is 0 Å². The number of rotatable bonds is 3. The molecule has 5 heteroatoms. The van der Waals surface area contributed by atoms with E-state index in [9.17, 15) is 4.79 Å². The van der Waals surface area contributed by atoms with Crippen LogP contribution in [0.15, 0.2) is 6.20 Å². The second-order valence-electron chi connectivity index (χ2n) is 4.74. The molecule has 2 atom stereocenters. The average molecular weight is 253 g/mol. The first-order valence-corrected chi connectivity index (χ1v) is 6.94. The normalized spacial score (nSPS) is 24.6. The number of carbonyl (C=O) groups excluding carboxylic acids is 1. The van der Waals surface area contributed by atoms with Gasteiger partial charge in [-0.2, -0.15) is 0 Å². The number of carbonyl (C=O) groups is 1. The lowest BCUT2D eigenvalue weighted by molar-refractivity contribution is -0.117. The molecule has 1 aliphatic rings. The molecule has 0 aliphatic heterocycles. The SMILES string of the molecule is Cc1cnc(NC(=O)CC2CCCCC2N)s1. The summed E-state index contributed by atoms with van der Waals surface area (Å²) in [6.45, 7) is 1.98. The van der Waals surface area contributed by atoms with Gasteiger partial charge in [0.2, 0.25) is 5.91 Å². The van der Waals surface area contributed by atoms with Crippen molar-refractivity contribution in [3.8, 4) is 0 Å². The van der Waals surface area contributed by atoms with Gasteiger partial charge in [0.25, 0.3) is 0 Å². The number of aryl methyl sites for hydroxylation is 1. The molecule has 4 nitrogen and oxygen atoms in total. The van der Waals surface area contributed by atoms with Crippen molar-refractivity contribution < 1.29 is 4.79 Å². The molecule has 1 saturated carbocycles. The van der Waals surface area contributed by atoms with E-state index in [1.807, 2.05) is 6.92 Å². The Labute approximate surface area is 106 Å². The Hall–Kier alpha value is -0.940. The Bertz CT molecular complexity index is 391. The van der Waals surface area contributed by atoms with Gasteiger partial charge in [0.05, 0.1) is 0 Å². The van der Waals surface area contributed by atoms with Gasteiger partial charge in [-0.25, -0.2) is 4.98 Å². The molecule has 1 amide bonds. The van der Waals surface area contributed by atoms with E-state index >= 15 is 0 Å². The fourth-order valence-electron chi connectivity index (χ4n) is 2.31. The number of anilines is 1. The summed E-state index contributed by atoms with van der Waals surface area (Å²) < 4.78 is 0. The van der Waals surface area contributed by atoms with Crippen LogP contribution in [0.5, 0.6) is 0 Å². The molecule has 2 unspecified atom stereocenters. The van der Waals surface area contributed by atoms with Gasteiger partial charge in [-0.15, -0.1) is 11.3 Å². The monoisotopic (exact) mass is 253 g/mol. The third-order valence-electron chi connectivity index (χ3n) is 3.28. The van der Waals surface area contributed by atoms with Crippen LogP contribution in [-0.2, 0) is 4.79 Å². The maximum Gasteiger partial charge on any atom is 0.226 e. The predicted molar refractivity (Wildman–Crippen MR) is 70.0 cm³/mol. The van der Waals surface area contributed by atoms with Crippen LogP contribution >= 0.6 is 11.3 Å². The second kappa shape index (κ2) is 5.60. The first-order chi connectivity index (χ1) is 8.15. The zero-order valence-corrected chi connectivity index (χ0v) is 10.9. The molecule has 1 fully saturated rings. The van der Waals surface area contributed by atoms with Crippen molar-refractivity contribution in [3.63, 3.8) is 0 Å². The van der Waals surface area contributed by atoms with E-state index in [1.165, 1.54) is 24.2 Å². The number of hydrogen-bond donors (Lipinski definition) is 2. The first-order valence-electron chi connectivity index (χ1n) is 6.13. The fraction of sp³-hybridized carbons (Fsp3) is 0.667. The predicted octanol–water partition coefficient (Wildman–Crippen LogP) is 2.30. The van der Waals surface area contributed by atoms with Gasteiger partial charge in [-0.3, -0.25) is 4.79 Å². The summed E-state index contributed by atoms with van der Waals surface area (Å²) in [6.07, 6.45) is 6.82. The van der Waals surface area contributed by atoms with Gasteiger partial charge in [0, 0.05) is 23.5 Å². The number of nitrogens with one attached hydrogen (secondary N) is 1. The highest BCUT2D eigenvalue weighted by atomic mass is 32.1. The quantitative estimate of drug-likeness (QED) is 0.868. The summed E-state index contributed by atoms with van der Waals surface area (Å²) in [7, 11) is 0. The number of nitrogens with zero attached hydrogens (tertiary/aromatic N) is 1. The van der Waals surface area contributed by atoms with E-state index in [0.717, 1.165) is 17.7 Å². The molecule has 94 valence electrons. The maximum absolute atomic E-state index is 11.8. The Morgan fingerprint density at radius 2 is 2.35 bits per heavy atom. The summed E-state index contributed by atoms with van der Waals surface area (Å²) in [6, 6.07) is 0.188. The highest BCUT2D eigenvalue weighted by molar-refractivity contribution is 7.15. The van der Waals surface area contributed by atoms with Gasteiger partial charge in [-0.1, -0.05) is 12.8 Å². The van der Waals surface area contributed by atoms with Crippen LogP contribution in [0.3, 0.4) is 0 Å². The Morgan fingerprint density at radius 1 is 1.59 bits per heavy atom. The van der Waals surface area contributed by atoms with Crippen molar-refractivity contribution in [1.82, 2.24) is 4.98 Å². The van der Waals surface area contributed by atoms with E-state index in [2.05, 4.69) is 10.3 Å². The van der Waals surface area contributed by atoms with Crippen LogP contribution in [0, 0.1) is 12.8 Å². The Balaban J connectivity index is 1.84. The number of amides is 1. The molecule has 17 heavy (non-hydrogen) atoms. The maximum atomic E-state index is 11.8. The van der Waals surface area contributed by atoms with Crippen LogP contribution in [0.4, 0.5) is 5.13 Å². The lowest BCUT2D eigenvalue weighted by Gasteiger charge is -2.27. The van der Waals surface area contributed by atoms with Crippen LogP contribution in [-0.4, -0.2) is 16.9 Å². The number of hydrogen-bond acceptors (Lipinski definition) is 4. The third-order valence-corrected chi connectivity index (χ3v) is 4.11. The van der Waals surface area contributed by atoms with Crippen molar-refractivity contribution in [2.24, 2.45) is 11.7 Å². The molecule has 3 N–H and O–H groups in total. The zero-order valence-electron chi connectivity index (χ0n) is 10.1. The topological polar surface area (TPSA) is 68.0 Å². The van der Waals surface area contributed by atoms with Crippen LogP contribution in [0.25, 0.3) is 0 Å². The van der Waals surface area contributed by atoms with Crippen LogP contribution in [0.2, 0.25) is 0 Å². The minimum Gasteiger partial charge on any atom is -0.327 e. The van der Waals surface area contributed by atoms with Gasteiger partial charge in [-0.05, 0) is 25.7 Å². The lowest BCUT2D eigenvalue weighted by Crippen LogP contribution is -2.35. The molecule has 0 aromatic carbocycles. The molecular formula is C12H19N3OS. The van der Waals surface area contributed by atoms with Gasteiger partial charge in [0.15, 0.2) is 5.13 Å². The van der Waals surface area contributed by atoms with E-state index in [-0.39, 0.29) is 11.9 Å². The number of aromatic nitrogens is 1. The molecule has 1 aliphatic carbocycles. The molecule has 0 bridgehead atoms. The fourth-order valence-corrected chi connectivity index (χ4v) is 2.99. The van der Waals surface area contributed by atoms with E-state index in [4.69, 9.17) is 5.73 Å². The van der Waals surface area contributed by atoms with Crippen molar-refractivity contribution in [2.75, 3.05) is 5.32 Å². The Morgan fingerprint density at radius 3 is 3.00 bits per heavy atom. The standard InChI is InChI=1S/C12H19N3OS/c1-8-7-14-12(17-8)15-11(16)6-9-4-2-3-5-10(9)13/h7,9-10H,2-6,13H2,1H3,(H,14,15,16). The second-order valence-corrected chi connectivity index (χ2v) is 5.97. The average Bonchev–Trinajstić information content (AvgIpc) is 2.67. The van der Waals surface area contributed by atoms with E-state index in [1.54, 1.807) is 6.20 Å². The number of nitrogens with two attached hydrogens (primary N) is 1. The molecule has 0 saturated heterocycles. The largest absolute Gasteiger partial charge is 0.327 e. The third kappa shape index (κ3) is 3.51. The smallest absolute Gasteiger partial charge is 0.226 e. The first kappa shape index (κ1) is 12.5. The number of thiazole rings is 1. The molecule has 0 spiro atoms. The lowest BCUT2D eigenvalue weighted by atomic mass is 9.83. The summed E-state index contributed by atoms with van der Waals surface area (Å²) in [4.78, 5) is 17.1. The molecule has 1 heterocycles. The van der Waals surface area contributed by atoms with Crippen LogP contribution < -0.4 is 11.1 Å². The highest BCUT2D eigenvalue weighted by Gasteiger charge is 2.24. The van der Waals surface area contributed by atoms with Gasteiger partial charge in [0.1, 0.15) is 0 Å².